The van der Waals surface area contributed by atoms with Gasteiger partial charge >= 0.3 is 0 Å². The maximum Gasteiger partial charge on any atom is 0.187 e. The van der Waals surface area contributed by atoms with Gasteiger partial charge in [-0.1, -0.05) is 38.0 Å². The first-order chi connectivity index (χ1) is 16.5. The minimum Gasteiger partial charge on any atom is -0.396 e. The lowest BCUT2D eigenvalue weighted by molar-refractivity contribution is -0.315. The maximum atomic E-state index is 11.7. The van der Waals surface area contributed by atoms with Crippen LogP contribution in [0.5, 0.6) is 0 Å². The van der Waals surface area contributed by atoms with Gasteiger partial charge in [0, 0.05) is 17.9 Å². The fourth-order valence-electron chi connectivity index (χ4n) is 6.77. The van der Waals surface area contributed by atoms with Gasteiger partial charge in [0.1, 0.15) is 30.5 Å². The average molecular weight is 499 g/mol. The highest BCUT2D eigenvalue weighted by atomic mass is 16.7. The van der Waals surface area contributed by atoms with Gasteiger partial charge in [-0.25, -0.2) is 0 Å². The first-order valence-electron chi connectivity index (χ1n) is 12.8. The predicted molar refractivity (Wildman–Crippen MR) is 126 cm³/mol. The molecule has 35 heavy (non-hydrogen) atoms. The average Bonchev–Trinajstić information content (AvgIpc) is 3.33. The Labute approximate surface area is 206 Å². The number of fused-ring (bicyclic) bond motifs is 2. The molecule has 4 aliphatic rings. The Morgan fingerprint density at radius 3 is 2.29 bits per heavy atom. The quantitative estimate of drug-likeness (QED) is 0.256. The second-order valence-electron chi connectivity index (χ2n) is 11.4. The summed E-state index contributed by atoms with van der Waals surface area (Å²) in [5.41, 5.74) is 1.88. The zero-order chi connectivity index (χ0) is 25.8. The number of hydrogen-bond acceptors (Lipinski definition) is 9. The topological polar surface area (TPSA) is 160 Å². The van der Waals surface area contributed by atoms with Gasteiger partial charge in [0.25, 0.3) is 0 Å². The van der Waals surface area contributed by atoms with Crippen LogP contribution < -0.4 is 0 Å². The normalized spacial score (nSPS) is 48.5. The predicted octanol–water partition coefficient (Wildman–Crippen LogP) is -0.149. The molecule has 1 aliphatic heterocycles. The summed E-state index contributed by atoms with van der Waals surface area (Å²) in [6.45, 7) is 7.33. The van der Waals surface area contributed by atoms with E-state index in [4.69, 9.17) is 9.47 Å². The summed E-state index contributed by atoms with van der Waals surface area (Å²) in [4.78, 5) is 0. The fraction of sp³-hybridized carbons (Fsp3) is 0.846. The summed E-state index contributed by atoms with van der Waals surface area (Å²) in [6.07, 6.45) is -5.93. The molecule has 0 aromatic heterocycles. The summed E-state index contributed by atoms with van der Waals surface area (Å²) in [6, 6.07) is 0. The Hall–Kier alpha value is -0.880. The summed E-state index contributed by atoms with van der Waals surface area (Å²) < 4.78 is 11.9. The Morgan fingerprint density at radius 1 is 1.00 bits per heavy atom. The zero-order valence-electron chi connectivity index (χ0n) is 21.0. The molecule has 1 saturated heterocycles. The molecule has 12 atom stereocenters. The van der Waals surface area contributed by atoms with Gasteiger partial charge in [0.15, 0.2) is 6.29 Å². The van der Waals surface area contributed by atoms with Crippen molar-refractivity contribution >= 4 is 0 Å². The molecule has 12 unspecified atom stereocenters. The number of rotatable bonds is 5. The summed E-state index contributed by atoms with van der Waals surface area (Å²) >= 11 is 0. The van der Waals surface area contributed by atoms with E-state index in [1.165, 1.54) is 0 Å². The number of aliphatic hydroxyl groups is 7. The van der Waals surface area contributed by atoms with E-state index in [2.05, 4.69) is 6.08 Å². The highest BCUT2D eigenvalue weighted by Gasteiger charge is 2.55. The molecule has 3 aliphatic carbocycles. The zero-order valence-corrected chi connectivity index (χ0v) is 21.0. The molecule has 200 valence electrons. The van der Waals surface area contributed by atoms with Gasteiger partial charge in [-0.3, -0.25) is 0 Å². The van der Waals surface area contributed by atoms with Crippen molar-refractivity contribution in [2.24, 2.45) is 29.1 Å². The van der Waals surface area contributed by atoms with Gasteiger partial charge in [-0.05, 0) is 49.5 Å². The van der Waals surface area contributed by atoms with Crippen LogP contribution in [-0.2, 0) is 9.47 Å². The SMILES string of the molecule is CC(C)C1=C2C(OC3OC(CO)C(O)C(O)C3O)C(O)C(C)C3CCC(CO)C3=CC2(C)C(O)C1. The Kier molecular flexibility index (Phi) is 7.85. The molecule has 9 heteroatoms. The molecule has 1 heterocycles. The van der Waals surface area contributed by atoms with Crippen LogP contribution in [0, 0.1) is 29.1 Å². The van der Waals surface area contributed by atoms with Crippen molar-refractivity contribution in [2.75, 3.05) is 13.2 Å². The molecule has 0 radical (unpaired) electrons. The lowest BCUT2D eigenvalue weighted by Crippen LogP contribution is -2.60. The van der Waals surface area contributed by atoms with Gasteiger partial charge in [0.2, 0.25) is 0 Å². The molecule has 7 N–H and O–H groups in total. The number of aliphatic hydroxyl groups excluding tert-OH is 7. The third kappa shape index (κ3) is 4.43. The lowest BCUT2D eigenvalue weighted by atomic mass is 9.68. The lowest BCUT2D eigenvalue weighted by Gasteiger charge is -2.46. The van der Waals surface area contributed by atoms with Crippen molar-refractivity contribution in [1.29, 1.82) is 0 Å². The standard InChI is InChI=1S/C26H42O9/c1-11(2)15-7-18(29)26(4)8-16-13(9-27)5-6-14(16)12(3)20(30)24(19(15)26)35-25-23(33)22(32)21(31)17(10-28)34-25/h8,11-14,17-18,20-25,27-33H,5-7,9-10H2,1-4H3. The Bertz CT molecular complexity index is 839. The van der Waals surface area contributed by atoms with Crippen LogP contribution in [0.15, 0.2) is 22.8 Å². The first-order valence-corrected chi connectivity index (χ1v) is 12.8. The van der Waals surface area contributed by atoms with Crippen LogP contribution in [0.1, 0.15) is 47.0 Å². The molecule has 0 amide bonds. The summed E-state index contributed by atoms with van der Waals surface area (Å²) in [5.74, 6) is -0.228. The Balaban J connectivity index is 1.81. The van der Waals surface area contributed by atoms with Gasteiger partial charge in [0.05, 0.1) is 18.8 Å². The van der Waals surface area contributed by atoms with Gasteiger partial charge in [-0.15, -0.1) is 0 Å². The van der Waals surface area contributed by atoms with Crippen LogP contribution in [0.25, 0.3) is 0 Å². The van der Waals surface area contributed by atoms with Gasteiger partial charge in [-0.2, -0.15) is 0 Å². The number of hydrogen-bond donors (Lipinski definition) is 7. The van der Waals surface area contributed by atoms with Crippen molar-refractivity contribution in [3.8, 4) is 0 Å². The van der Waals surface area contributed by atoms with Crippen molar-refractivity contribution in [2.45, 2.75) is 96.0 Å². The fourth-order valence-corrected chi connectivity index (χ4v) is 6.77. The van der Waals surface area contributed by atoms with E-state index in [0.29, 0.717) is 6.42 Å². The van der Waals surface area contributed by atoms with E-state index in [9.17, 15) is 35.7 Å². The highest BCUT2D eigenvalue weighted by Crippen LogP contribution is 2.55. The van der Waals surface area contributed by atoms with E-state index in [-0.39, 0.29) is 30.3 Å². The monoisotopic (exact) mass is 498 g/mol. The molecular weight excluding hydrogens is 456 g/mol. The van der Waals surface area contributed by atoms with Crippen LogP contribution >= 0.6 is 0 Å². The number of ether oxygens (including phenoxy) is 2. The van der Waals surface area contributed by atoms with Crippen molar-refractivity contribution in [1.82, 2.24) is 0 Å². The van der Waals surface area contributed by atoms with E-state index in [1.54, 1.807) is 0 Å². The second kappa shape index (κ2) is 10.1. The second-order valence-corrected chi connectivity index (χ2v) is 11.4. The molecule has 4 rings (SSSR count). The smallest absolute Gasteiger partial charge is 0.187 e. The molecule has 2 fully saturated rings. The van der Waals surface area contributed by atoms with Crippen molar-refractivity contribution < 1.29 is 45.2 Å². The minimum atomic E-state index is -1.60. The van der Waals surface area contributed by atoms with Crippen LogP contribution in [0.3, 0.4) is 0 Å². The van der Waals surface area contributed by atoms with Gasteiger partial charge < -0.3 is 45.2 Å². The largest absolute Gasteiger partial charge is 0.396 e. The molecule has 9 nitrogen and oxygen atoms in total. The highest BCUT2D eigenvalue weighted by molar-refractivity contribution is 5.43. The third-order valence-corrected chi connectivity index (χ3v) is 9.04. The molecule has 0 aromatic rings. The minimum absolute atomic E-state index is 0.00303. The molecule has 1 saturated carbocycles. The molecule has 0 aromatic carbocycles. The summed E-state index contributed by atoms with van der Waals surface area (Å²) in [7, 11) is 0. The van der Waals surface area contributed by atoms with Crippen LogP contribution in [-0.4, -0.2) is 98.0 Å². The maximum absolute atomic E-state index is 11.7. The van der Waals surface area contributed by atoms with Crippen molar-refractivity contribution in [3.63, 3.8) is 0 Å². The summed E-state index contributed by atoms with van der Waals surface area (Å²) in [5, 5.41) is 73.8. The van der Waals surface area contributed by atoms with Crippen molar-refractivity contribution in [3.05, 3.63) is 22.8 Å². The van der Waals surface area contributed by atoms with Crippen LogP contribution in [0.4, 0.5) is 0 Å². The van der Waals surface area contributed by atoms with E-state index >= 15 is 0 Å². The van der Waals surface area contributed by atoms with E-state index < -0.39 is 61.0 Å². The van der Waals surface area contributed by atoms with Crippen LogP contribution in [0.2, 0.25) is 0 Å². The molecular formula is C26H42O9. The van der Waals surface area contributed by atoms with E-state index in [0.717, 1.165) is 29.6 Å². The van der Waals surface area contributed by atoms with E-state index in [1.807, 2.05) is 27.7 Å². The first kappa shape index (κ1) is 27.2. The molecule has 0 bridgehead atoms. The third-order valence-electron chi connectivity index (χ3n) is 9.04. The Morgan fingerprint density at radius 2 is 1.69 bits per heavy atom. The molecule has 0 spiro atoms.